The molecule has 2 N–H and O–H groups in total. The molecule has 3 heterocycles. The van der Waals surface area contributed by atoms with Gasteiger partial charge in [-0.15, -0.1) is 0 Å². The number of ether oxygens (including phenoxy) is 3. The number of rotatable bonds is 3. The minimum atomic E-state index is -0.554. The van der Waals surface area contributed by atoms with Crippen molar-refractivity contribution in [1.82, 2.24) is 9.55 Å². The maximum atomic E-state index is 13.9. The second-order valence-electron chi connectivity index (χ2n) is 8.66. The second-order valence-corrected chi connectivity index (χ2v) is 9.04. The van der Waals surface area contributed by atoms with Crippen molar-refractivity contribution in [2.75, 3.05) is 27.5 Å². The summed E-state index contributed by atoms with van der Waals surface area (Å²) in [4.78, 5) is 17.0. The van der Waals surface area contributed by atoms with Gasteiger partial charge in [-0.05, 0) is 66.8 Å². The van der Waals surface area contributed by atoms with Gasteiger partial charge in [0.1, 0.15) is 6.04 Å². The van der Waals surface area contributed by atoms with Gasteiger partial charge in [-0.2, -0.15) is 0 Å². The number of quaternary nitrogens is 1. The van der Waals surface area contributed by atoms with E-state index in [-0.39, 0.29) is 17.1 Å². The summed E-state index contributed by atoms with van der Waals surface area (Å²) < 4.78 is 18.5. The van der Waals surface area contributed by atoms with E-state index in [9.17, 15) is 9.90 Å². The van der Waals surface area contributed by atoms with Crippen LogP contribution in [0.1, 0.15) is 33.9 Å². The van der Waals surface area contributed by atoms with Gasteiger partial charge in [-0.1, -0.05) is 6.07 Å². The monoisotopic (exact) mass is 467 g/mol. The maximum Gasteiger partial charge on any atom is 0.260 e. The third-order valence-corrected chi connectivity index (χ3v) is 6.66. The van der Waals surface area contributed by atoms with E-state index >= 15 is 0 Å². The van der Waals surface area contributed by atoms with Gasteiger partial charge in [0.05, 0.1) is 31.8 Å². The maximum absolute atomic E-state index is 13.9. The molecule has 2 unspecified atom stereocenters. The lowest BCUT2D eigenvalue weighted by Gasteiger charge is -2.35. The number of nitrogens with one attached hydrogen (secondary N) is 2. The zero-order chi connectivity index (χ0) is 23.4. The quantitative estimate of drug-likeness (QED) is 0.567. The van der Waals surface area contributed by atoms with Crippen molar-refractivity contribution in [2.24, 2.45) is 0 Å². The first-order valence-corrected chi connectivity index (χ1v) is 11.2. The molecule has 9 heteroatoms. The van der Waals surface area contributed by atoms with Crippen LogP contribution in [0.4, 0.5) is 0 Å². The Morgan fingerprint density at radius 1 is 1.18 bits per heavy atom. The summed E-state index contributed by atoms with van der Waals surface area (Å²) in [6, 6.07) is 7.17. The molecule has 172 valence electrons. The second kappa shape index (κ2) is 7.93. The first-order valence-electron chi connectivity index (χ1n) is 10.8. The Morgan fingerprint density at radius 2 is 1.91 bits per heavy atom. The SMILES string of the molecule is COc1c2c(cc3c1C(c1c([O-])n(-c4cc(C)cc(C)c4)c(=S)[nH]c1=O)[NH+](C)CC3)OCO2. The highest BCUT2D eigenvalue weighted by molar-refractivity contribution is 7.71. The first-order chi connectivity index (χ1) is 15.8. The molecule has 2 aromatic carbocycles. The standard InChI is InChI=1S/C24H25N3O5S/c1-12-7-13(2)9-15(8-12)27-23(29)18(22(28)25-24(27)33)19-17-14(5-6-26(19)3)10-16-20(21(17)30-4)32-11-31-16/h7-10,19,29H,5-6,11H2,1-4H3,(H,25,28,33). The van der Waals surface area contributed by atoms with E-state index in [1.54, 1.807) is 7.11 Å². The summed E-state index contributed by atoms with van der Waals surface area (Å²) in [5.74, 6) is 1.20. The van der Waals surface area contributed by atoms with Crippen molar-refractivity contribution in [3.05, 3.63) is 67.2 Å². The van der Waals surface area contributed by atoms with Gasteiger partial charge in [0.15, 0.2) is 16.3 Å². The van der Waals surface area contributed by atoms with Gasteiger partial charge in [0, 0.05) is 12.1 Å². The summed E-state index contributed by atoms with van der Waals surface area (Å²) in [7, 11) is 3.53. The molecule has 0 aliphatic carbocycles. The number of methoxy groups -OCH3 is 1. The number of benzene rings is 2. The Balaban J connectivity index is 1.80. The molecule has 8 nitrogen and oxygen atoms in total. The van der Waals surface area contributed by atoms with Crippen molar-refractivity contribution in [1.29, 1.82) is 0 Å². The molecule has 0 radical (unpaired) electrons. The lowest BCUT2D eigenvalue weighted by atomic mass is 9.87. The van der Waals surface area contributed by atoms with Gasteiger partial charge >= 0.3 is 0 Å². The number of aryl methyl sites for hydroxylation is 2. The number of hydrogen-bond donors (Lipinski definition) is 2. The number of aromatic nitrogens is 2. The third-order valence-electron chi connectivity index (χ3n) is 6.37. The predicted molar refractivity (Wildman–Crippen MR) is 123 cm³/mol. The molecule has 0 fully saturated rings. The van der Waals surface area contributed by atoms with Gasteiger partial charge in [0.25, 0.3) is 5.56 Å². The molecule has 2 aliphatic heterocycles. The zero-order valence-electron chi connectivity index (χ0n) is 18.9. The molecular weight excluding hydrogens is 442 g/mol. The highest BCUT2D eigenvalue weighted by Gasteiger charge is 2.39. The van der Waals surface area contributed by atoms with Crippen molar-refractivity contribution >= 4 is 12.2 Å². The van der Waals surface area contributed by atoms with E-state index < -0.39 is 17.5 Å². The smallest absolute Gasteiger partial charge is 0.260 e. The van der Waals surface area contributed by atoms with Crippen LogP contribution in [0.25, 0.3) is 5.69 Å². The zero-order valence-corrected chi connectivity index (χ0v) is 19.7. The molecule has 2 aliphatic rings. The Bertz CT molecular complexity index is 1370. The molecular formula is C24H25N3O5S. The first kappa shape index (κ1) is 21.5. The fourth-order valence-electron chi connectivity index (χ4n) is 5.02. The Hall–Kier alpha value is -3.30. The van der Waals surface area contributed by atoms with Gasteiger partial charge < -0.3 is 28.8 Å². The molecule has 0 bridgehead atoms. The largest absolute Gasteiger partial charge is 0.859 e. The molecule has 2 atom stereocenters. The van der Waals surface area contributed by atoms with E-state index in [1.165, 1.54) is 4.57 Å². The van der Waals surface area contributed by atoms with Crippen LogP contribution in [-0.4, -0.2) is 37.0 Å². The van der Waals surface area contributed by atoms with Crippen LogP contribution in [0.2, 0.25) is 0 Å². The van der Waals surface area contributed by atoms with Crippen LogP contribution in [0, 0.1) is 18.6 Å². The third kappa shape index (κ3) is 3.39. The summed E-state index contributed by atoms with van der Waals surface area (Å²) in [5.41, 5.74) is 4.02. The van der Waals surface area contributed by atoms with E-state index in [1.807, 2.05) is 45.2 Å². The van der Waals surface area contributed by atoms with Crippen molar-refractivity contribution in [3.63, 3.8) is 0 Å². The number of hydrogen-bond acceptors (Lipinski definition) is 6. The lowest BCUT2D eigenvalue weighted by Crippen LogP contribution is -3.10. The van der Waals surface area contributed by atoms with Crippen molar-refractivity contribution in [3.8, 4) is 28.8 Å². The lowest BCUT2D eigenvalue weighted by molar-refractivity contribution is -0.908. The number of aromatic amines is 1. The number of H-pyrrole nitrogens is 1. The Morgan fingerprint density at radius 3 is 2.61 bits per heavy atom. The van der Waals surface area contributed by atoms with Crippen LogP contribution in [-0.2, 0) is 6.42 Å². The minimum Gasteiger partial charge on any atom is -0.859 e. The van der Waals surface area contributed by atoms with Crippen LogP contribution >= 0.6 is 12.2 Å². The Kier molecular flexibility index (Phi) is 5.18. The van der Waals surface area contributed by atoms with Crippen LogP contribution < -0.4 is 29.8 Å². The Labute approximate surface area is 196 Å². The number of likely N-dealkylation sites (N-methyl/N-ethyl adjacent to an activating group) is 1. The summed E-state index contributed by atoms with van der Waals surface area (Å²) in [6.45, 7) is 4.76. The summed E-state index contributed by atoms with van der Waals surface area (Å²) in [5, 5.41) is 13.9. The van der Waals surface area contributed by atoms with Gasteiger partial charge in [0.2, 0.25) is 12.5 Å². The molecule has 0 amide bonds. The van der Waals surface area contributed by atoms with Crippen molar-refractivity contribution < 1.29 is 24.2 Å². The minimum absolute atomic E-state index is 0.0742. The molecule has 0 spiro atoms. The van der Waals surface area contributed by atoms with Gasteiger partial charge in [-0.3, -0.25) is 9.78 Å². The highest BCUT2D eigenvalue weighted by atomic mass is 32.1. The molecule has 0 saturated heterocycles. The van der Waals surface area contributed by atoms with Crippen LogP contribution in [0.5, 0.6) is 23.1 Å². The average Bonchev–Trinajstić information content (AvgIpc) is 3.21. The topological polar surface area (TPSA) is 93.0 Å². The van der Waals surface area contributed by atoms with E-state index in [0.29, 0.717) is 22.9 Å². The molecule has 5 rings (SSSR count). The molecule has 33 heavy (non-hydrogen) atoms. The highest BCUT2D eigenvalue weighted by Crippen LogP contribution is 2.48. The van der Waals surface area contributed by atoms with Crippen LogP contribution in [0.3, 0.4) is 0 Å². The fourth-order valence-corrected chi connectivity index (χ4v) is 5.30. The predicted octanol–water partition coefficient (Wildman–Crippen LogP) is 1.48. The summed E-state index contributed by atoms with van der Waals surface area (Å²) in [6.07, 6.45) is 0.757. The van der Waals surface area contributed by atoms with E-state index in [2.05, 4.69) is 4.98 Å². The molecule has 1 aromatic heterocycles. The van der Waals surface area contributed by atoms with Crippen LogP contribution in [0.15, 0.2) is 29.1 Å². The fraction of sp³-hybridized carbons (Fsp3) is 0.333. The normalized spacial score (nSPS) is 18.8. The molecule has 0 saturated carbocycles. The molecule has 3 aromatic rings. The summed E-state index contributed by atoms with van der Waals surface area (Å²) >= 11 is 5.42. The average molecular weight is 468 g/mol. The van der Waals surface area contributed by atoms with Gasteiger partial charge in [-0.25, -0.2) is 0 Å². The number of nitrogens with zero attached hydrogens (tertiary/aromatic N) is 1. The van der Waals surface area contributed by atoms with E-state index in [0.717, 1.165) is 40.1 Å². The van der Waals surface area contributed by atoms with E-state index in [4.69, 9.17) is 26.4 Å². The number of fused-ring (bicyclic) bond motifs is 2. The van der Waals surface area contributed by atoms with Crippen molar-refractivity contribution in [2.45, 2.75) is 26.3 Å².